The van der Waals surface area contributed by atoms with Crippen LogP contribution >= 0.6 is 24.0 Å². The molecule has 154 valence electrons. The van der Waals surface area contributed by atoms with Crippen LogP contribution in [0.4, 0.5) is 0 Å². The topological polar surface area (TPSA) is 68.8 Å². The Kier molecular flexibility index (Phi) is 14.2. The van der Waals surface area contributed by atoms with Crippen LogP contribution in [0.5, 0.6) is 0 Å². The molecule has 0 aromatic rings. The van der Waals surface area contributed by atoms with Gasteiger partial charge < -0.3 is 16.0 Å². The molecular formula is C19H40IN5O. The Bertz CT molecular complexity index is 401. The largest absolute Gasteiger partial charge is 0.355 e. The first kappa shape index (κ1) is 25.4. The van der Waals surface area contributed by atoms with Crippen LogP contribution in [0, 0.1) is 5.92 Å². The number of halogens is 1. The molecule has 0 atom stereocenters. The van der Waals surface area contributed by atoms with Crippen LogP contribution in [0.2, 0.25) is 0 Å². The third-order valence-electron chi connectivity index (χ3n) is 4.90. The lowest BCUT2D eigenvalue weighted by molar-refractivity contribution is -0.121. The maximum absolute atomic E-state index is 11.9. The summed E-state index contributed by atoms with van der Waals surface area (Å²) in [4.78, 5) is 18.6. The quantitative estimate of drug-likeness (QED) is 0.194. The van der Waals surface area contributed by atoms with E-state index in [0.29, 0.717) is 37.5 Å². The molecule has 3 N–H and O–H groups in total. The van der Waals surface area contributed by atoms with E-state index in [4.69, 9.17) is 0 Å². The number of hydrogen-bond donors (Lipinski definition) is 3. The molecular weight excluding hydrogens is 441 g/mol. The van der Waals surface area contributed by atoms with Gasteiger partial charge in [0.2, 0.25) is 5.91 Å². The van der Waals surface area contributed by atoms with E-state index in [0.717, 1.165) is 19.0 Å². The van der Waals surface area contributed by atoms with E-state index >= 15 is 0 Å². The molecule has 0 unspecified atom stereocenters. The van der Waals surface area contributed by atoms with Crippen molar-refractivity contribution < 1.29 is 4.79 Å². The van der Waals surface area contributed by atoms with Gasteiger partial charge in [0, 0.05) is 51.7 Å². The average molecular weight is 481 g/mol. The van der Waals surface area contributed by atoms with Crippen molar-refractivity contribution in [2.24, 2.45) is 10.9 Å². The van der Waals surface area contributed by atoms with Crippen molar-refractivity contribution in [1.82, 2.24) is 20.9 Å². The molecule has 0 aliphatic heterocycles. The molecule has 1 aliphatic carbocycles. The highest BCUT2D eigenvalue weighted by Gasteiger charge is 2.18. The number of carbonyl (C=O) groups excluding carboxylic acids is 1. The summed E-state index contributed by atoms with van der Waals surface area (Å²) >= 11 is 0. The standard InChI is InChI=1S/C19H39N5O.HI/c1-15(2)24(16(3)4)13-12-23-19(20-5)22-11-10-21-18(25)14-17-8-6-7-9-17;/h15-17H,6-14H2,1-5H3,(H,21,25)(H2,20,22,23);1H. The van der Waals surface area contributed by atoms with E-state index in [1.807, 2.05) is 0 Å². The minimum absolute atomic E-state index is 0. The van der Waals surface area contributed by atoms with Crippen molar-refractivity contribution in [3.63, 3.8) is 0 Å². The number of hydrogen-bond acceptors (Lipinski definition) is 3. The lowest BCUT2D eigenvalue weighted by Crippen LogP contribution is -2.46. The highest BCUT2D eigenvalue weighted by Crippen LogP contribution is 2.27. The Labute approximate surface area is 177 Å². The van der Waals surface area contributed by atoms with Crippen molar-refractivity contribution in [2.75, 3.05) is 33.2 Å². The minimum atomic E-state index is 0. The number of aliphatic imine (C=N–C) groups is 1. The number of carbonyl (C=O) groups is 1. The minimum Gasteiger partial charge on any atom is -0.355 e. The molecule has 26 heavy (non-hydrogen) atoms. The van der Waals surface area contributed by atoms with E-state index in [-0.39, 0.29) is 29.9 Å². The first-order valence-electron chi connectivity index (χ1n) is 9.91. The Hall–Kier alpha value is -0.570. The zero-order valence-corrected chi connectivity index (χ0v) is 19.6. The molecule has 6 nitrogen and oxygen atoms in total. The zero-order chi connectivity index (χ0) is 18.7. The fourth-order valence-electron chi connectivity index (χ4n) is 3.57. The van der Waals surface area contributed by atoms with Crippen LogP contribution < -0.4 is 16.0 Å². The van der Waals surface area contributed by atoms with Crippen LogP contribution in [0.15, 0.2) is 4.99 Å². The molecule has 0 saturated heterocycles. The van der Waals surface area contributed by atoms with Gasteiger partial charge in [-0.15, -0.1) is 24.0 Å². The molecule has 0 bridgehead atoms. The first-order valence-corrected chi connectivity index (χ1v) is 9.91. The third-order valence-corrected chi connectivity index (χ3v) is 4.90. The summed E-state index contributed by atoms with van der Waals surface area (Å²) in [5.41, 5.74) is 0. The number of amides is 1. The van der Waals surface area contributed by atoms with Crippen LogP contribution in [0.3, 0.4) is 0 Å². The molecule has 0 aromatic heterocycles. The SMILES string of the molecule is CN=C(NCCNC(=O)CC1CCCC1)NCCN(C(C)C)C(C)C.I. The second-order valence-corrected chi connectivity index (χ2v) is 7.56. The Morgan fingerprint density at radius 2 is 1.54 bits per heavy atom. The molecule has 0 heterocycles. The fourth-order valence-corrected chi connectivity index (χ4v) is 3.57. The van der Waals surface area contributed by atoms with E-state index in [1.165, 1.54) is 25.7 Å². The Morgan fingerprint density at radius 1 is 1.00 bits per heavy atom. The summed E-state index contributed by atoms with van der Waals surface area (Å²) in [6.45, 7) is 12.0. The molecule has 0 spiro atoms. The van der Waals surface area contributed by atoms with Crippen molar-refractivity contribution in [2.45, 2.75) is 71.9 Å². The van der Waals surface area contributed by atoms with Crippen molar-refractivity contribution in [3.05, 3.63) is 0 Å². The molecule has 0 aromatic carbocycles. The maximum Gasteiger partial charge on any atom is 0.220 e. The predicted octanol–water partition coefficient (Wildman–Crippen LogP) is 2.58. The van der Waals surface area contributed by atoms with Gasteiger partial charge in [-0.1, -0.05) is 12.8 Å². The predicted molar refractivity (Wildman–Crippen MR) is 121 cm³/mol. The molecule has 1 rings (SSSR count). The second kappa shape index (κ2) is 14.5. The second-order valence-electron chi connectivity index (χ2n) is 7.56. The highest BCUT2D eigenvalue weighted by atomic mass is 127. The molecule has 1 aliphatic rings. The number of nitrogens with one attached hydrogen (secondary N) is 3. The van der Waals surface area contributed by atoms with Gasteiger partial charge in [0.25, 0.3) is 0 Å². The van der Waals surface area contributed by atoms with E-state index in [9.17, 15) is 4.79 Å². The lowest BCUT2D eigenvalue weighted by atomic mass is 10.0. The van der Waals surface area contributed by atoms with Crippen molar-refractivity contribution in [3.8, 4) is 0 Å². The van der Waals surface area contributed by atoms with Gasteiger partial charge >= 0.3 is 0 Å². The fraction of sp³-hybridized carbons (Fsp3) is 0.895. The van der Waals surface area contributed by atoms with E-state index in [1.54, 1.807) is 7.05 Å². The van der Waals surface area contributed by atoms with Gasteiger partial charge in [-0.3, -0.25) is 14.7 Å². The Balaban J connectivity index is 0.00000625. The average Bonchev–Trinajstić information content (AvgIpc) is 3.05. The smallest absolute Gasteiger partial charge is 0.220 e. The van der Waals surface area contributed by atoms with Crippen LogP contribution in [-0.2, 0) is 4.79 Å². The van der Waals surface area contributed by atoms with Gasteiger partial charge in [-0.25, -0.2) is 0 Å². The van der Waals surface area contributed by atoms with Gasteiger partial charge in [0.05, 0.1) is 0 Å². The third kappa shape index (κ3) is 10.5. The maximum atomic E-state index is 11.9. The van der Waals surface area contributed by atoms with Crippen LogP contribution in [0.25, 0.3) is 0 Å². The summed E-state index contributed by atoms with van der Waals surface area (Å²) in [6, 6.07) is 1.07. The number of guanidine groups is 1. The molecule has 7 heteroatoms. The molecule has 0 radical (unpaired) electrons. The van der Waals surface area contributed by atoms with Crippen molar-refractivity contribution in [1.29, 1.82) is 0 Å². The van der Waals surface area contributed by atoms with Gasteiger partial charge in [0.1, 0.15) is 0 Å². The van der Waals surface area contributed by atoms with Gasteiger partial charge in [-0.05, 0) is 46.5 Å². The molecule has 1 fully saturated rings. The zero-order valence-electron chi connectivity index (χ0n) is 17.3. The monoisotopic (exact) mass is 481 g/mol. The molecule has 1 amide bonds. The van der Waals surface area contributed by atoms with Gasteiger partial charge in [0.15, 0.2) is 5.96 Å². The summed E-state index contributed by atoms with van der Waals surface area (Å²) in [7, 11) is 1.77. The first-order chi connectivity index (χ1) is 11.9. The van der Waals surface area contributed by atoms with Crippen LogP contribution in [-0.4, -0.2) is 62.1 Å². The normalized spacial score (nSPS) is 15.5. The summed E-state index contributed by atoms with van der Waals surface area (Å²) in [5.74, 6) is 1.57. The molecule has 1 saturated carbocycles. The van der Waals surface area contributed by atoms with Crippen molar-refractivity contribution >= 4 is 35.8 Å². The Morgan fingerprint density at radius 3 is 2.08 bits per heavy atom. The van der Waals surface area contributed by atoms with E-state index < -0.39 is 0 Å². The van der Waals surface area contributed by atoms with E-state index in [2.05, 4.69) is 53.5 Å². The number of nitrogens with zero attached hydrogens (tertiary/aromatic N) is 2. The van der Waals surface area contributed by atoms with Crippen LogP contribution in [0.1, 0.15) is 59.8 Å². The summed E-state index contributed by atoms with van der Waals surface area (Å²) < 4.78 is 0. The summed E-state index contributed by atoms with van der Waals surface area (Å²) in [6.07, 6.45) is 5.68. The van der Waals surface area contributed by atoms with Gasteiger partial charge in [-0.2, -0.15) is 0 Å². The number of rotatable bonds is 10. The summed E-state index contributed by atoms with van der Waals surface area (Å²) in [5, 5.41) is 9.60. The highest BCUT2D eigenvalue weighted by molar-refractivity contribution is 14.0. The lowest BCUT2D eigenvalue weighted by Gasteiger charge is -2.30.